The summed E-state index contributed by atoms with van der Waals surface area (Å²) in [6.45, 7) is 7.25. The molecule has 0 spiro atoms. The van der Waals surface area contributed by atoms with Gasteiger partial charge in [0.15, 0.2) is 0 Å². The van der Waals surface area contributed by atoms with E-state index in [-0.39, 0.29) is 5.91 Å². The smallest absolute Gasteiger partial charge is 0.243 e. The van der Waals surface area contributed by atoms with Gasteiger partial charge in [0, 0.05) is 13.1 Å². The van der Waals surface area contributed by atoms with Gasteiger partial charge in [-0.1, -0.05) is 44.2 Å². The van der Waals surface area contributed by atoms with Gasteiger partial charge in [0.1, 0.15) is 5.54 Å². The molecule has 1 aromatic carbocycles. The van der Waals surface area contributed by atoms with E-state index in [1.54, 1.807) is 0 Å². The highest BCUT2D eigenvalue weighted by atomic mass is 16.1. The first-order valence-electron chi connectivity index (χ1n) is 7.76. The standard InChI is InChI=1S/C17H27N3O/c1-13-9-10-20(11-14(13)2)12-17(19-3,16(18)21)15-7-5-4-6-8-15/h4-8,13-14,19H,9-12H2,1-3H3,(H2,18,21). The molecule has 0 aromatic heterocycles. The van der Waals surface area contributed by atoms with E-state index in [0.29, 0.717) is 12.5 Å². The summed E-state index contributed by atoms with van der Waals surface area (Å²) in [5, 5.41) is 3.19. The average molecular weight is 289 g/mol. The normalized spacial score (nSPS) is 26.2. The predicted octanol–water partition coefficient (Wildman–Crippen LogP) is 1.56. The van der Waals surface area contributed by atoms with Gasteiger partial charge in [-0.25, -0.2) is 0 Å². The second kappa shape index (κ2) is 6.58. The summed E-state index contributed by atoms with van der Waals surface area (Å²) in [5.74, 6) is 1.08. The Balaban J connectivity index is 2.23. The maximum absolute atomic E-state index is 12.2. The molecule has 0 radical (unpaired) electrons. The molecule has 2 rings (SSSR count). The van der Waals surface area contributed by atoms with Gasteiger partial charge in [0.25, 0.3) is 0 Å². The molecule has 3 atom stereocenters. The molecular formula is C17H27N3O. The molecular weight excluding hydrogens is 262 g/mol. The molecule has 4 nitrogen and oxygen atoms in total. The topological polar surface area (TPSA) is 58.4 Å². The Kier molecular flexibility index (Phi) is 5.01. The molecule has 116 valence electrons. The third-order valence-electron chi connectivity index (χ3n) is 4.99. The second-order valence-electron chi connectivity index (χ2n) is 6.36. The number of carbonyl (C=O) groups excluding carboxylic acids is 1. The molecule has 4 heteroatoms. The Morgan fingerprint density at radius 1 is 1.33 bits per heavy atom. The Morgan fingerprint density at radius 3 is 2.52 bits per heavy atom. The van der Waals surface area contributed by atoms with Crippen molar-refractivity contribution < 1.29 is 4.79 Å². The third-order valence-corrected chi connectivity index (χ3v) is 4.99. The number of hydrogen-bond donors (Lipinski definition) is 2. The van der Waals surface area contributed by atoms with Gasteiger partial charge in [0.2, 0.25) is 5.91 Å². The van der Waals surface area contributed by atoms with Crippen molar-refractivity contribution in [3.8, 4) is 0 Å². The summed E-state index contributed by atoms with van der Waals surface area (Å²) >= 11 is 0. The summed E-state index contributed by atoms with van der Waals surface area (Å²) in [6.07, 6.45) is 1.18. The molecule has 1 fully saturated rings. The van der Waals surface area contributed by atoms with Crippen molar-refractivity contribution in [2.24, 2.45) is 17.6 Å². The first kappa shape index (κ1) is 16.0. The molecule has 21 heavy (non-hydrogen) atoms. The van der Waals surface area contributed by atoms with Crippen LogP contribution in [0.3, 0.4) is 0 Å². The van der Waals surface area contributed by atoms with Gasteiger partial charge >= 0.3 is 0 Å². The van der Waals surface area contributed by atoms with E-state index >= 15 is 0 Å². The first-order valence-corrected chi connectivity index (χ1v) is 7.76. The van der Waals surface area contributed by atoms with Crippen molar-refractivity contribution in [2.75, 3.05) is 26.7 Å². The zero-order chi connectivity index (χ0) is 15.5. The first-order chi connectivity index (χ1) is 9.99. The van der Waals surface area contributed by atoms with E-state index < -0.39 is 5.54 Å². The monoisotopic (exact) mass is 289 g/mol. The Labute approximate surface area is 127 Å². The molecule has 3 unspecified atom stereocenters. The molecule has 0 aliphatic carbocycles. The molecule has 1 amide bonds. The number of piperidine rings is 1. The van der Waals surface area contributed by atoms with E-state index in [9.17, 15) is 4.79 Å². The van der Waals surface area contributed by atoms with Crippen LogP contribution in [-0.2, 0) is 10.3 Å². The predicted molar refractivity (Wildman–Crippen MR) is 85.8 cm³/mol. The maximum Gasteiger partial charge on any atom is 0.243 e. The van der Waals surface area contributed by atoms with Crippen LogP contribution in [0.4, 0.5) is 0 Å². The minimum atomic E-state index is -0.818. The van der Waals surface area contributed by atoms with Crippen LogP contribution in [0.2, 0.25) is 0 Å². The third kappa shape index (κ3) is 3.27. The van der Waals surface area contributed by atoms with Crippen molar-refractivity contribution in [2.45, 2.75) is 25.8 Å². The number of nitrogens with zero attached hydrogens (tertiary/aromatic N) is 1. The van der Waals surface area contributed by atoms with Crippen LogP contribution in [-0.4, -0.2) is 37.5 Å². The van der Waals surface area contributed by atoms with Gasteiger partial charge in [-0.3, -0.25) is 4.79 Å². The van der Waals surface area contributed by atoms with Crippen molar-refractivity contribution in [3.05, 3.63) is 35.9 Å². The van der Waals surface area contributed by atoms with Crippen LogP contribution < -0.4 is 11.1 Å². The van der Waals surface area contributed by atoms with Crippen LogP contribution in [0.1, 0.15) is 25.8 Å². The number of primary amides is 1. The zero-order valence-electron chi connectivity index (χ0n) is 13.3. The summed E-state index contributed by atoms with van der Waals surface area (Å²) in [5.41, 5.74) is 5.88. The lowest BCUT2D eigenvalue weighted by Gasteiger charge is -2.41. The van der Waals surface area contributed by atoms with Gasteiger partial charge in [-0.05, 0) is 37.4 Å². The van der Waals surface area contributed by atoms with Crippen LogP contribution >= 0.6 is 0 Å². The summed E-state index contributed by atoms with van der Waals surface area (Å²) in [4.78, 5) is 14.6. The van der Waals surface area contributed by atoms with E-state index in [1.807, 2.05) is 37.4 Å². The fourth-order valence-electron chi connectivity index (χ4n) is 3.21. The number of rotatable bonds is 5. The Morgan fingerprint density at radius 2 is 2.00 bits per heavy atom. The maximum atomic E-state index is 12.2. The number of carbonyl (C=O) groups is 1. The fraction of sp³-hybridized carbons (Fsp3) is 0.588. The molecule has 3 N–H and O–H groups in total. The summed E-state index contributed by atoms with van der Waals surface area (Å²) in [6, 6.07) is 9.79. The highest BCUT2D eigenvalue weighted by Gasteiger charge is 2.39. The quantitative estimate of drug-likeness (QED) is 0.865. The van der Waals surface area contributed by atoms with Crippen molar-refractivity contribution in [1.82, 2.24) is 10.2 Å². The highest BCUT2D eigenvalue weighted by molar-refractivity contribution is 5.86. The Bertz CT molecular complexity index is 476. The number of likely N-dealkylation sites (N-methyl/N-ethyl adjacent to an activating group) is 1. The van der Waals surface area contributed by atoms with E-state index in [4.69, 9.17) is 5.73 Å². The summed E-state index contributed by atoms with van der Waals surface area (Å²) in [7, 11) is 1.81. The number of benzene rings is 1. The lowest BCUT2D eigenvalue weighted by Crippen LogP contribution is -2.59. The number of likely N-dealkylation sites (tertiary alicyclic amines) is 1. The number of hydrogen-bond acceptors (Lipinski definition) is 3. The molecule has 1 heterocycles. The van der Waals surface area contributed by atoms with Gasteiger partial charge in [-0.2, -0.15) is 0 Å². The molecule has 1 saturated heterocycles. The number of amides is 1. The highest BCUT2D eigenvalue weighted by Crippen LogP contribution is 2.27. The van der Waals surface area contributed by atoms with Gasteiger partial charge in [0.05, 0.1) is 0 Å². The number of nitrogens with two attached hydrogens (primary N) is 1. The minimum absolute atomic E-state index is 0.317. The van der Waals surface area contributed by atoms with Crippen molar-refractivity contribution in [3.63, 3.8) is 0 Å². The van der Waals surface area contributed by atoms with Crippen LogP contribution in [0, 0.1) is 11.8 Å². The SMILES string of the molecule is CNC(CN1CCC(C)C(C)C1)(C(N)=O)c1ccccc1. The van der Waals surface area contributed by atoms with Crippen molar-refractivity contribution in [1.29, 1.82) is 0 Å². The second-order valence-corrected chi connectivity index (χ2v) is 6.36. The van der Waals surface area contributed by atoms with E-state index in [0.717, 1.165) is 24.6 Å². The lowest BCUT2D eigenvalue weighted by atomic mass is 9.84. The Hall–Kier alpha value is -1.39. The zero-order valence-corrected chi connectivity index (χ0v) is 13.3. The van der Waals surface area contributed by atoms with E-state index in [1.165, 1.54) is 6.42 Å². The molecule has 0 saturated carbocycles. The fourth-order valence-corrected chi connectivity index (χ4v) is 3.21. The summed E-state index contributed by atoms with van der Waals surface area (Å²) < 4.78 is 0. The molecule has 1 aromatic rings. The van der Waals surface area contributed by atoms with Crippen LogP contribution in [0.5, 0.6) is 0 Å². The molecule has 1 aliphatic rings. The van der Waals surface area contributed by atoms with Crippen LogP contribution in [0.25, 0.3) is 0 Å². The van der Waals surface area contributed by atoms with Gasteiger partial charge < -0.3 is 16.0 Å². The largest absolute Gasteiger partial charge is 0.368 e. The average Bonchev–Trinajstić information content (AvgIpc) is 2.49. The van der Waals surface area contributed by atoms with Crippen molar-refractivity contribution >= 4 is 5.91 Å². The molecule has 1 aliphatic heterocycles. The van der Waals surface area contributed by atoms with Crippen LogP contribution in [0.15, 0.2) is 30.3 Å². The lowest BCUT2D eigenvalue weighted by molar-refractivity contribution is -0.125. The van der Waals surface area contributed by atoms with Gasteiger partial charge in [-0.15, -0.1) is 0 Å². The number of nitrogens with one attached hydrogen (secondary N) is 1. The molecule has 0 bridgehead atoms. The minimum Gasteiger partial charge on any atom is -0.368 e. The van der Waals surface area contributed by atoms with E-state index in [2.05, 4.69) is 24.1 Å².